The molecule has 2 aromatic heterocycles. The van der Waals surface area contributed by atoms with Gasteiger partial charge in [0.1, 0.15) is 5.84 Å². The third-order valence-corrected chi connectivity index (χ3v) is 6.24. The minimum absolute atomic E-state index is 0.0160. The summed E-state index contributed by atoms with van der Waals surface area (Å²) in [7, 11) is 0. The van der Waals surface area contributed by atoms with Crippen molar-refractivity contribution in [1.82, 2.24) is 15.0 Å². The highest BCUT2D eigenvalue weighted by Crippen LogP contribution is 2.23. The van der Waals surface area contributed by atoms with Gasteiger partial charge < -0.3 is 9.42 Å². The zero-order valence-electron chi connectivity index (χ0n) is 15.9. The number of hydrogen-bond acceptors (Lipinski definition) is 6. The second-order valence-electron chi connectivity index (χ2n) is 7.01. The molecule has 150 valence electrons. The maximum absolute atomic E-state index is 12.2. The molecule has 1 fully saturated rings. The molecule has 0 spiro atoms. The molecule has 0 aliphatic carbocycles. The Balaban J connectivity index is 1.37. The number of rotatable bonds is 6. The SMILES string of the molecule is N=C(c1ccc(-c2noc(CCC(=O)c3ccc(Cl)s3)n2)cc1)N1CCCCC1. The van der Waals surface area contributed by atoms with Crippen molar-refractivity contribution in [3.8, 4) is 11.4 Å². The number of carbonyl (C=O) groups excluding carboxylic acids is 1. The average Bonchev–Trinajstić information content (AvgIpc) is 3.41. The molecule has 1 saturated heterocycles. The lowest BCUT2D eigenvalue weighted by molar-refractivity contribution is 0.0983. The molecule has 0 saturated carbocycles. The van der Waals surface area contributed by atoms with Gasteiger partial charge in [0.05, 0.1) is 9.21 Å². The molecule has 3 aromatic rings. The first-order chi connectivity index (χ1) is 14.1. The summed E-state index contributed by atoms with van der Waals surface area (Å²) in [5.74, 6) is 1.50. The number of aryl methyl sites for hydroxylation is 1. The van der Waals surface area contributed by atoms with Gasteiger partial charge in [-0.25, -0.2) is 0 Å². The summed E-state index contributed by atoms with van der Waals surface area (Å²) in [5, 5.41) is 12.4. The highest BCUT2D eigenvalue weighted by molar-refractivity contribution is 7.18. The third kappa shape index (κ3) is 4.74. The Hall–Kier alpha value is -2.51. The molecule has 4 rings (SSSR count). The van der Waals surface area contributed by atoms with Gasteiger partial charge in [-0.2, -0.15) is 4.98 Å². The average molecular weight is 429 g/mol. The van der Waals surface area contributed by atoms with Gasteiger partial charge in [0.25, 0.3) is 0 Å². The van der Waals surface area contributed by atoms with Crippen LogP contribution in [0.25, 0.3) is 11.4 Å². The van der Waals surface area contributed by atoms with Crippen LogP contribution in [0.2, 0.25) is 4.34 Å². The normalized spacial score (nSPS) is 14.2. The number of ketones is 1. The van der Waals surface area contributed by atoms with Crippen LogP contribution >= 0.6 is 22.9 Å². The highest BCUT2D eigenvalue weighted by Gasteiger charge is 2.16. The number of Topliss-reactive ketones (excluding diaryl/α,β-unsaturated/α-hetero) is 1. The molecule has 1 aliphatic rings. The Labute approximate surface area is 178 Å². The lowest BCUT2D eigenvalue weighted by atomic mass is 10.1. The Morgan fingerprint density at radius 3 is 2.59 bits per heavy atom. The van der Waals surface area contributed by atoms with Gasteiger partial charge in [0.15, 0.2) is 5.78 Å². The van der Waals surface area contributed by atoms with E-state index in [0.29, 0.717) is 39.6 Å². The van der Waals surface area contributed by atoms with Gasteiger partial charge in [-0.3, -0.25) is 10.2 Å². The van der Waals surface area contributed by atoms with Crippen molar-refractivity contribution in [3.05, 3.63) is 57.1 Å². The molecule has 1 aliphatic heterocycles. The molecule has 0 unspecified atom stereocenters. The first-order valence-electron chi connectivity index (χ1n) is 9.65. The maximum atomic E-state index is 12.2. The summed E-state index contributed by atoms with van der Waals surface area (Å²) < 4.78 is 5.90. The van der Waals surface area contributed by atoms with Gasteiger partial charge in [-0.1, -0.05) is 41.0 Å². The number of halogens is 1. The topological polar surface area (TPSA) is 83.1 Å². The Bertz CT molecular complexity index is 1010. The number of piperidine rings is 1. The fourth-order valence-corrected chi connectivity index (χ4v) is 4.37. The number of thiophene rings is 1. The van der Waals surface area contributed by atoms with E-state index in [0.717, 1.165) is 37.1 Å². The molecular weight excluding hydrogens is 408 g/mol. The summed E-state index contributed by atoms with van der Waals surface area (Å²) in [4.78, 5) is 19.3. The van der Waals surface area contributed by atoms with Crippen molar-refractivity contribution in [1.29, 1.82) is 5.41 Å². The van der Waals surface area contributed by atoms with E-state index in [1.165, 1.54) is 17.8 Å². The fourth-order valence-electron chi connectivity index (χ4n) is 3.36. The first-order valence-corrected chi connectivity index (χ1v) is 10.8. The van der Waals surface area contributed by atoms with Crippen molar-refractivity contribution in [2.24, 2.45) is 0 Å². The van der Waals surface area contributed by atoms with E-state index in [1.807, 2.05) is 24.3 Å². The number of carbonyl (C=O) groups is 1. The fraction of sp³-hybridized carbons (Fsp3) is 0.333. The van der Waals surface area contributed by atoms with Crippen LogP contribution in [0.4, 0.5) is 0 Å². The Morgan fingerprint density at radius 2 is 1.90 bits per heavy atom. The lowest BCUT2D eigenvalue weighted by Gasteiger charge is -2.29. The smallest absolute Gasteiger partial charge is 0.227 e. The van der Waals surface area contributed by atoms with E-state index in [4.69, 9.17) is 21.5 Å². The van der Waals surface area contributed by atoms with Gasteiger partial charge in [0.2, 0.25) is 11.7 Å². The Morgan fingerprint density at radius 1 is 1.14 bits per heavy atom. The minimum atomic E-state index is 0.0160. The molecule has 8 heteroatoms. The number of nitrogens with zero attached hydrogens (tertiary/aromatic N) is 3. The summed E-state index contributed by atoms with van der Waals surface area (Å²) in [6.45, 7) is 1.90. The molecule has 6 nitrogen and oxygen atoms in total. The second kappa shape index (κ2) is 8.88. The van der Waals surface area contributed by atoms with Gasteiger partial charge in [0, 0.05) is 37.1 Å². The van der Waals surface area contributed by atoms with Gasteiger partial charge in [-0.05, 0) is 31.4 Å². The van der Waals surface area contributed by atoms with Crippen LogP contribution in [0.15, 0.2) is 40.9 Å². The first kappa shape index (κ1) is 19.8. The summed E-state index contributed by atoms with van der Waals surface area (Å²) >= 11 is 7.15. The van der Waals surface area contributed by atoms with Crippen molar-refractivity contribution in [3.63, 3.8) is 0 Å². The molecule has 0 bridgehead atoms. The van der Waals surface area contributed by atoms with Crippen molar-refractivity contribution < 1.29 is 9.32 Å². The molecular formula is C21H21ClN4O2S. The predicted octanol–water partition coefficient (Wildman–Crippen LogP) is 5.08. The van der Waals surface area contributed by atoms with Crippen LogP contribution in [-0.4, -0.2) is 39.7 Å². The quantitative estimate of drug-likeness (QED) is 0.336. The number of amidine groups is 1. The number of nitrogens with one attached hydrogen (secondary N) is 1. The van der Waals surface area contributed by atoms with Crippen LogP contribution in [-0.2, 0) is 6.42 Å². The number of likely N-dealkylation sites (tertiary alicyclic amines) is 1. The Kier molecular flexibility index (Phi) is 6.06. The van der Waals surface area contributed by atoms with E-state index in [2.05, 4.69) is 15.0 Å². The van der Waals surface area contributed by atoms with Gasteiger partial charge in [-0.15, -0.1) is 11.3 Å². The third-order valence-electron chi connectivity index (χ3n) is 4.97. The molecule has 1 aromatic carbocycles. The molecule has 29 heavy (non-hydrogen) atoms. The van der Waals surface area contributed by atoms with Crippen molar-refractivity contribution in [2.45, 2.75) is 32.1 Å². The summed E-state index contributed by atoms with van der Waals surface area (Å²) in [6, 6.07) is 11.1. The van der Waals surface area contributed by atoms with Crippen LogP contribution < -0.4 is 0 Å². The summed E-state index contributed by atoms with van der Waals surface area (Å²) in [5.41, 5.74) is 1.71. The molecule has 3 heterocycles. The van der Waals surface area contributed by atoms with Crippen LogP contribution in [0, 0.1) is 5.41 Å². The zero-order valence-corrected chi connectivity index (χ0v) is 17.4. The van der Waals surface area contributed by atoms with Crippen LogP contribution in [0.3, 0.4) is 0 Å². The van der Waals surface area contributed by atoms with E-state index in [-0.39, 0.29) is 5.78 Å². The second-order valence-corrected chi connectivity index (χ2v) is 8.73. The van der Waals surface area contributed by atoms with E-state index in [9.17, 15) is 4.79 Å². The molecule has 0 radical (unpaired) electrons. The summed E-state index contributed by atoms with van der Waals surface area (Å²) in [6.07, 6.45) is 4.22. The highest BCUT2D eigenvalue weighted by atomic mass is 35.5. The maximum Gasteiger partial charge on any atom is 0.227 e. The van der Waals surface area contributed by atoms with Gasteiger partial charge >= 0.3 is 0 Å². The number of benzene rings is 1. The monoisotopic (exact) mass is 428 g/mol. The van der Waals surface area contributed by atoms with E-state index < -0.39 is 0 Å². The van der Waals surface area contributed by atoms with Crippen LogP contribution in [0.5, 0.6) is 0 Å². The largest absolute Gasteiger partial charge is 0.357 e. The number of hydrogen-bond donors (Lipinski definition) is 1. The number of aromatic nitrogens is 2. The van der Waals surface area contributed by atoms with E-state index >= 15 is 0 Å². The standard InChI is InChI=1S/C21H21ClN4O2S/c22-18-10-9-17(29-18)16(27)8-11-19-24-21(25-28-19)15-6-4-14(5-7-15)20(23)26-12-2-1-3-13-26/h4-7,9-10,23H,1-3,8,11-13H2. The zero-order chi connectivity index (χ0) is 20.2. The molecule has 0 amide bonds. The molecule has 1 N–H and O–H groups in total. The minimum Gasteiger partial charge on any atom is -0.357 e. The van der Waals surface area contributed by atoms with E-state index in [1.54, 1.807) is 12.1 Å². The van der Waals surface area contributed by atoms with Crippen LogP contribution in [0.1, 0.15) is 46.8 Å². The van der Waals surface area contributed by atoms with Crippen molar-refractivity contribution >= 4 is 34.6 Å². The predicted molar refractivity (Wildman–Crippen MR) is 114 cm³/mol. The molecule has 0 atom stereocenters. The lowest BCUT2D eigenvalue weighted by Crippen LogP contribution is -2.35. The van der Waals surface area contributed by atoms with Crippen molar-refractivity contribution in [2.75, 3.05) is 13.1 Å².